The van der Waals surface area contributed by atoms with E-state index < -0.39 is 5.82 Å². The Hall–Kier alpha value is -2.67. The Morgan fingerprint density at radius 2 is 1.87 bits per heavy atom. The number of hydrogen-bond donors (Lipinski definition) is 1. The predicted molar refractivity (Wildman–Crippen MR) is 88.5 cm³/mol. The van der Waals surface area contributed by atoms with Gasteiger partial charge in [-0.1, -0.05) is 36.0 Å². The number of amides is 1. The van der Waals surface area contributed by atoms with Gasteiger partial charge >= 0.3 is 0 Å². The molecule has 0 aliphatic carbocycles. The Balaban J connectivity index is 1.78. The van der Waals surface area contributed by atoms with E-state index in [1.54, 1.807) is 36.4 Å². The molecule has 0 radical (unpaired) electrons. The first-order valence-corrected chi connectivity index (χ1v) is 7.76. The number of rotatable bonds is 4. The molecule has 5 nitrogen and oxygen atoms in total. The average Bonchev–Trinajstić information content (AvgIpc) is 2.97. The van der Waals surface area contributed by atoms with Crippen LogP contribution in [0.3, 0.4) is 0 Å². The van der Waals surface area contributed by atoms with Gasteiger partial charge in [0, 0.05) is 5.56 Å². The highest BCUT2D eigenvalue weighted by atomic mass is 32.2. The summed E-state index contributed by atoms with van der Waals surface area (Å²) in [6.07, 6.45) is 1.49. The van der Waals surface area contributed by atoms with Crippen LogP contribution in [-0.2, 0) is 4.79 Å². The molecule has 116 valence electrons. The van der Waals surface area contributed by atoms with E-state index in [9.17, 15) is 9.18 Å². The lowest BCUT2D eigenvalue weighted by Crippen LogP contribution is -2.19. The standard InChI is InChI=1S/C16H12FN3O2S/c17-12-6-2-4-8-14(12)22-13-7-3-1-5-11(13)9-18-20-16-19-15(21)10-23-16/h1-9H,10H2,(H,19,20,21). The number of amidine groups is 1. The molecular weight excluding hydrogens is 317 g/mol. The summed E-state index contributed by atoms with van der Waals surface area (Å²) < 4.78 is 19.3. The molecule has 1 amide bonds. The number of halogens is 1. The second-order valence-corrected chi connectivity index (χ2v) is 5.52. The van der Waals surface area contributed by atoms with Crippen LogP contribution in [0.4, 0.5) is 4.39 Å². The minimum atomic E-state index is -0.440. The van der Waals surface area contributed by atoms with Gasteiger partial charge in [0.05, 0.1) is 12.0 Å². The largest absolute Gasteiger partial charge is 0.454 e. The molecule has 1 fully saturated rings. The van der Waals surface area contributed by atoms with Crippen molar-refractivity contribution in [2.45, 2.75) is 0 Å². The number of thioether (sulfide) groups is 1. The topological polar surface area (TPSA) is 63.0 Å². The van der Waals surface area contributed by atoms with Crippen LogP contribution in [0.15, 0.2) is 58.7 Å². The van der Waals surface area contributed by atoms with Crippen molar-refractivity contribution in [2.75, 3.05) is 5.75 Å². The third-order valence-electron chi connectivity index (χ3n) is 2.91. The van der Waals surface area contributed by atoms with Crippen LogP contribution in [0.2, 0.25) is 0 Å². The highest BCUT2D eigenvalue weighted by molar-refractivity contribution is 8.15. The molecular formula is C16H12FN3O2S. The van der Waals surface area contributed by atoms with Gasteiger partial charge in [0.25, 0.3) is 0 Å². The Labute approximate surface area is 136 Å². The summed E-state index contributed by atoms with van der Waals surface area (Å²) in [5, 5.41) is 10.9. The number of nitrogens with zero attached hydrogens (tertiary/aromatic N) is 2. The normalized spacial score (nSPS) is 16.0. The quantitative estimate of drug-likeness (QED) is 0.692. The van der Waals surface area contributed by atoms with Crippen LogP contribution in [-0.4, -0.2) is 23.0 Å². The van der Waals surface area contributed by atoms with E-state index in [0.717, 1.165) is 0 Å². The number of benzene rings is 2. The summed E-state index contributed by atoms with van der Waals surface area (Å²) in [6.45, 7) is 0. The van der Waals surface area contributed by atoms with Crippen molar-refractivity contribution in [3.05, 3.63) is 59.9 Å². The molecule has 0 saturated carbocycles. The fourth-order valence-corrected chi connectivity index (χ4v) is 2.48. The molecule has 1 saturated heterocycles. The summed E-state index contributed by atoms with van der Waals surface area (Å²) in [6, 6.07) is 13.3. The maximum Gasteiger partial charge on any atom is 0.236 e. The number of para-hydroxylation sites is 2. The lowest BCUT2D eigenvalue weighted by molar-refractivity contribution is -0.116. The number of nitrogens with one attached hydrogen (secondary N) is 1. The molecule has 7 heteroatoms. The number of ether oxygens (including phenoxy) is 1. The van der Waals surface area contributed by atoms with Gasteiger partial charge in [0.1, 0.15) is 5.75 Å². The number of carbonyl (C=O) groups excluding carboxylic acids is 1. The predicted octanol–water partition coefficient (Wildman–Crippen LogP) is 3.17. The molecule has 0 spiro atoms. The van der Waals surface area contributed by atoms with Crippen LogP contribution >= 0.6 is 11.8 Å². The molecule has 1 heterocycles. The fourth-order valence-electron chi connectivity index (χ4n) is 1.85. The molecule has 1 N–H and O–H groups in total. The molecule has 1 aliphatic heterocycles. The van der Waals surface area contributed by atoms with Gasteiger partial charge < -0.3 is 10.1 Å². The third-order valence-corrected chi connectivity index (χ3v) is 3.77. The SMILES string of the molecule is O=C1CSC(=NN=Cc2ccccc2Oc2ccccc2F)N1. The summed E-state index contributed by atoms with van der Waals surface area (Å²) in [4.78, 5) is 11.1. The second-order valence-electron chi connectivity index (χ2n) is 4.56. The van der Waals surface area contributed by atoms with Gasteiger partial charge in [-0.05, 0) is 24.3 Å². The molecule has 0 atom stereocenters. The summed E-state index contributed by atoms with van der Waals surface area (Å²) >= 11 is 1.29. The first-order valence-electron chi connectivity index (χ1n) is 6.77. The Morgan fingerprint density at radius 3 is 2.61 bits per heavy atom. The smallest absolute Gasteiger partial charge is 0.236 e. The first kappa shape index (κ1) is 15.2. The molecule has 1 aliphatic rings. The molecule has 0 unspecified atom stereocenters. The second kappa shape index (κ2) is 7.06. The van der Waals surface area contributed by atoms with E-state index in [-0.39, 0.29) is 11.7 Å². The van der Waals surface area contributed by atoms with Gasteiger partial charge in [0.15, 0.2) is 16.7 Å². The van der Waals surface area contributed by atoms with Gasteiger partial charge in [-0.3, -0.25) is 4.79 Å². The van der Waals surface area contributed by atoms with Crippen LogP contribution in [0.25, 0.3) is 0 Å². The van der Waals surface area contributed by atoms with E-state index in [1.165, 1.54) is 24.0 Å². The molecule has 0 bridgehead atoms. The number of hydrogen-bond acceptors (Lipinski definition) is 5. The van der Waals surface area contributed by atoms with Gasteiger partial charge in [0.2, 0.25) is 5.91 Å². The van der Waals surface area contributed by atoms with E-state index in [1.807, 2.05) is 6.07 Å². The summed E-state index contributed by atoms with van der Waals surface area (Å²) in [5.41, 5.74) is 0.648. The maximum absolute atomic E-state index is 13.7. The monoisotopic (exact) mass is 329 g/mol. The zero-order chi connectivity index (χ0) is 16.1. The van der Waals surface area contributed by atoms with Crippen LogP contribution in [0.1, 0.15) is 5.56 Å². The van der Waals surface area contributed by atoms with Gasteiger partial charge in [-0.25, -0.2) is 4.39 Å². The third kappa shape index (κ3) is 3.95. The molecule has 0 aromatic heterocycles. The summed E-state index contributed by atoms with van der Waals surface area (Å²) in [7, 11) is 0. The molecule has 2 aromatic rings. The van der Waals surface area contributed by atoms with Crippen molar-refractivity contribution in [3.8, 4) is 11.5 Å². The van der Waals surface area contributed by atoms with Crippen LogP contribution in [0.5, 0.6) is 11.5 Å². The Bertz CT molecular complexity index is 792. The fraction of sp³-hybridized carbons (Fsp3) is 0.0625. The van der Waals surface area contributed by atoms with E-state index in [0.29, 0.717) is 22.2 Å². The molecule has 23 heavy (non-hydrogen) atoms. The Kier molecular flexibility index (Phi) is 4.68. The Morgan fingerprint density at radius 1 is 1.13 bits per heavy atom. The van der Waals surface area contributed by atoms with Gasteiger partial charge in [-0.15, -0.1) is 5.10 Å². The zero-order valence-corrected chi connectivity index (χ0v) is 12.7. The van der Waals surface area contributed by atoms with Crippen molar-refractivity contribution in [1.29, 1.82) is 0 Å². The van der Waals surface area contributed by atoms with Crippen molar-refractivity contribution >= 4 is 29.1 Å². The minimum Gasteiger partial charge on any atom is -0.454 e. The summed E-state index contributed by atoms with van der Waals surface area (Å²) in [5.74, 6) is 0.418. The van der Waals surface area contributed by atoms with E-state index in [2.05, 4.69) is 15.5 Å². The minimum absolute atomic E-state index is 0.0905. The first-order chi connectivity index (χ1) is 11.2. The molecule has 2 aromatic carbocycles. The highest BCUT2D eigenvalue weighted by Crippen LogP contribution is 2.26. The number of carbonyl (C=O) groups is 1. The van der Waals surface area contributed by atoms with Gasteiger partial charge in [-0.2, -0.15) is 5.10 Å². The lowest BCUT2D eigenvalue weighted by atomic mass is 10.2. The molecule has 3 rings (SSSR count). The van der Waals surface area contributed by atoms with E-state index in [4.69, 9.17) is 4.74 Å². The highest BCUT2D eigenvalue weighted by Gasteiger charge is 2.16. The van der Waals surface area contributed by atoms with Crippen LogP contribution in [0, 0.1) is 5.82 Å². The van der Waals surface area contributed by atoms with Crippen molar-refractivity contribution < 1.29 is 13.9 Å². The average molecular weight is 329 g/mol. The zero-order valence-electron chi connectivity index (χ0n) is 11.9. The van der Waals surface area contributed by atoms with Crippen LogP contribution < -0.4 is 10.1 Å². The van der Waals surface area contributed by atoms with Crippen molar-refractivity contribution in [3.63, 3.8) is 0 Å². The van der Waals surface area contributed by atoms with E-state index >= 15 is 0 Å². The van der Waals surface area contributed by atoms with Crippen molar-refractivity contribution in [2.24, 2.45) is 10.2 Å². The lowest BCUT2D eigenvalue weighted by Gasteiger charge is -2.08. The van der Waals surface area contributed by atoms with Crippen molar-refractivity contribution in [1.82, 2.24) is 5.32 Å². The maximum atomic E-state index is 13.7.